The van der Waals surface area contributed by atoms with E-state index in [1.165, 1.54) is 116 Å². The van der Waals surface area contributed by atoms with Crippen molar-refractivity contribution in [2.45, 2.75) is 119 Å². The highest BCUT2D eigenvalue weighted by Crippen LogP contribution is 2.35. The van der Waals surface area contributed by atoms with Gasteiger partial charge in [-0.05, 0) is 142 Å². The Morgan fingerprint density at radius 1 is 0.697 bits per heavy atom. The van der Waals surface area contributed by atoms with Crippen molar-refractivity contribution in [1.82, 2.24) is 41.5 Å². The maximum Gasteiger partial charge on any atom is 0.319 e. The molecule has 6 aromatic rings. The van der Waals surface area contributed by atoms with Gasteiger partial charge in [-0.2, -0.15) is 9.35 Å². The van der Waals surface area contributed by atoms with E-state index < -0.39 is 122 Å². The van der Waals surface area contributed by atoms with Crippen LogP contribution in [0.2, 0.25) is 0 Å². The molecule has 10 amide bonds. The number of carboxylic acid groups (broad SMARTS) is 2. The van der Waals surface area contributed by atoms with Crippen LogP contribution in [0, 0.1) is 11.6 Å². The molecular formula is C72H88F2N14O19S2. The number of ether oxygens (including phenoxy) is 5. The molecule has 4 aromatic carbocycles. The first-order chi connectivity index (χ1) is 52.1. The zero-order valence-electron chi connectivity index (χ0n) is 60.2. The number of carboxylic acids is 2. The number of sulfonamides is 1. The van der Waals surface area contributed by atoms with Crippen molar-refractivity contribution in [1.29, 1.82) is 0 Å². The topological polar surface area (TPSA) is 453 Å². The van der Waals surface area contributed by atoms with Crippen LogP contribution in [-0.2, 0) is 68.5 Å². The largest absolute Gasteiger partial charge is 0.493 e. The van der Waals surface area contributed by atoms with Crippen LogP contribution in [0.25, 0.3) is 11.1 Å². The van der Waals surface area contributed by atoms with E-state index in [0.717, 1.165) is 11.1 Å². The highest BCUT2D eigenvalue weighted by atomic mass is 32.2. The molecule has 0 aliphatic carbocycles. The third-order valence-electron chi connectivity index (χ3n) is 16.4. The molecule has 1 fully saturated rings. The number of anilines is 6. The molecule has 0 radical (unpaired) electrons. The van der Waals surface area contributed by atoms with E-state index >= 15 is 4.39 Å². The van der Waals surface area contributed by atoms with Gasteiger partial charge in [0.05, 0.1) is 97.8 Å². The van der Waals surface area contributed by atoms with Crippen LogP contribution >= 0.6 is 0 Å². The minimum Gasteiger partial charge on any atom is -0.493 e. The maximum atomic E-state index is 15.3. The number of aliphatic carboxylic acids is 2. The van der Waals surface area contributed by atoms with Gasteiger partial charge in [-0.15, -0.1) is 0 Å². The molecule has 37 heteroatoms. The molecule has 0 spiro atoms. The van der Waals surface area contributed by atoms with Gasteiger partial charge < -0.3 is 86.6 Å². The molecule has 2 aromatic heterocycles. The number of hydrogen-bond acceptors (Lipinski definition) is 20. The van der Waals surface area contributed by atoms with Crippen LogP contribution < -0.4 is 62.0 Å². The average Bonchev–Trinajstić information content (AvgIpc) is 1.14. The van der Waals surface area contributed by atoms with E-state index in [9.17, 15) is 70.4 Å². The van der Waals surface area contributed by atoms with Crippen molar-refractivity contribution in [2.24, 2.45) is 4.36 Å². The monoisotopic (exact) mass is 1550 g/mol. The SMILES string of the molecule is CCCNC(=O)Nc1cccc(S(=O)(=O)Nc2cccc(C(CC(=O)O)NC(=O)Nc3ccc(NC(=O)NCCOCCOCCOCCC(=O)NC(CC(=O)O)C(=O)N4CCCC4C(=O)NC(C)C(=O)N=S(C)(=O)Cc4cc5nc(c4)OC(C)CCCCOc4cc(F)ccc4-c4cc(ncc4F)N5)cc3)c2)c1. The number of fused-ring (bicyclic) bond motifs is 6. The van der Waals surface area contributed by atoms with Gasteiger partial charge in [0.15, 0.2) is 0 Å². The van der Waals surface area contributed by atoms with Gasteiger partial charge in [0, 0.05) is 78.3 Å². The fourth-order valence-electron chi connectivity index (χ4n) is 11.3. The molecule has 12 N–H and O–H groups in total. The Labute approximate surface area is 627 Å². The van der Waals surface area contributed by atoms with Crippen molar-refractivity contribution in [3.05, 3.63) is 138 Å². The first-order valence-corrected chi connectivity index (χ1v) is 38.5. The Morgan fingerprint density at radius 3 is 2.08 bits per heavy atom. The van der Waals surface area contributed by atoms with Crippen LogP contribution in [0.4, 0.5) is 57.5 Å². The van der Waals surface area contributed by atoms with Gasteiger partial charge in [-0.1, -0.05) is 25.1 Å². The van der Waals surface area contributed by atoms with Crippen molar-refractivity contribution >= 4 is 108 Å². The fourth-order valence-corrected chi connectivity index (χ4v) is 13.7. The van der Waals surface area contributed by atoms with Crippen molar-refractivity contribution < 1.29 is 98.5 Å². The number of pyridine rings is 2. The summed E-state index contributed by atoms with van der Waals surface area (Å²) in [6, 6.07) is 18.7. The summed E-state index contributed by atoms with van der Waals surface area (Å²) in [5.41, 5.74) is 1.98. The summed E-state index contributed by atoms with van der Waals surface area (Å²) in [6.07, 6.45) is 3.21. The Bertz CT molecular complexity index is 4480. The van der Waals surface area contributed by atoms with Gasteiger partial charge in [-0.3, -0.25) is 33.5 Å². The second-order valence-electron chi connectivity index (χ2n) is 25.4. The second-order valence-corrected chi connectivity index (χ2v) is 29.5. The number of rotatable bonds is 33. The van der Waals surface area contributed by atoms with Crippen molar-refractivity contribution in [3.63, 3.8) is 0 Å². The lowest BCUT2D eigenvalue weighted by molar-refractivity contribution is -0.146. The second kappa shape index (κ2) is 40.7. The first kappa shape index (κ1) is 83.5. The van der Waals surface area contributed by atoms with Crippen LogP contribution in [0.1, 0.15) is 95.7 Å². The number of likely N-dealkylation sites (tertiary alicyclic amines) is 1. The minimum atomic E-state index is -4.19. The van der Waals surface area contributed by atoms with E-state index in [4.69, 9.17) is 23.7 Å². The minimum absolute atomic E-state index is 0.0343. The van der Waals surface area contributed by atoms with Crippen LogP contribution in [0.3, 0.4) is 0 Å². The molecule has 586 valence electrons. The lowest BCUT2D eigenvalue weighted by Gasteiger charge is -2.28. The van der Waals surface area contributed by atoms with E-state index in [-0.39, 0.29) is 140 Å². The quantitative estimate of drug-likeness (QED) is 0.0173. The zero-order chi connectivity index (χ0) is 78.6. The van der Waals surface area contributed by atoms with Crippen molar-refractivity contribution in [2.75, 3.05) is 98.1 Å². The molecule has 33 nitrogen and oxygen atoms in total. The predicted molar refractivity (Wildman–Crippen MR) is 397 cm³/mol. The number of amides is 10. The van der Waals surface area contributed by atoms with Gasteiger partial charge in [0.25, 0.3) is 15.9 Å². The summed E-state index contributed by atoms with van der Waals surface area (Å²) in [4.78, 5) is 126. The number of nitrogens with one attached hydrogen (secondary N) is 10. The molecule has 8 rings (SSSR count). The van der Waals surface area contributed by atoms with Crippen LogP contribution in [-0.4, -0.2) is 188 Å². The van der Waals surface area contributed by atoms with E-state index in [1.807, 2.05) is 13.8 Å². The zero-order valence-corrected chi connectivity index (χ0v) is 61.8. The summed E-state index contributed by atoms with van der Waals surface area (Å²) in [7, 11) is -7.59. The third kappa shape index (κ3) is 27.2. The molecule has 1 saturated heterocycles. The number of halogens is 2. The van der Waals surface area contributed by atoms with Gasteiger partial charge in [-0.25, -0.2) is 40.8 Å². The Hall–Kier alpha value is -11.2. The van der Waals surface area contributed by atoms with E-state index in [1.54, 1.807) is 6.07 Å². The summed E-state index contributed by atoms with van der Waals surface area (Å²) in [5, 5.41) is 43.1. The Kier molecular flexibility index (Phi) is 31.2. The van der Waals surface area contributed by atoms with E-state index in [0.29, 0.717) is 55.5 Å². The number of nitrogens with zero attached hydrogens (tertiary/aromatic N) is 4. The first-order valence-electron chi connectivity index (χ1n) is 34.9. The van der Waals surface area contributed by atoms with Crippen LogP contribution in [0.15, 0.2) is 125 Å². The molecule has 6 unspecified atom stereocenters. The molecule has 109 heavy (non-hydrogen) atoms. The molecule has 0 saturated carbocycles. The number of carbonyl (C=O) groups is 9. The number of benzene rings is 4. The highest BCUT2D eigenvalue weighted by molar-refractivity contribution is 7.93. The highest BCUT2D eigenvalue weighted by Gasteiger charge is 2.39. The molecule has 4 heterocycles. The predicted octanol–water partition coefficient (Wildman–Crippen LogP) is 8.01. The van der Waals surface area contributed by atoms with Gasteiger partial charge in [0.2, 0.25) is 23.6 Å². The smallest absolute Gasteiger partial charge is 0.319 e. The summed E-state index contributed by atoms with van der Waals surface area (Å²) in [6.45, 7) is 6.30. The Morgan fingerprint density at radius 2 is 1.37 bits per heavy atom. The summed E-state index contributed by atoms with van der Waals surface area (Å²) in [5.74, 6) is -6.87. The van der Waals surface area contributed by atoms with E-state index in [2.05, 4.69) is 66.9 Å². The molecular weight excluding hydrogens is 1470 g/mol. The van der Waals surface area contributed by atoms with Crippen molar-refractivity contribution in [3.8, 4) is 22.8 Å². The van der Waals surface area contributed by atoms with Gasteiger partial charge in [0.1, 0.15) is 47.1 Å². The third-order valence-corrected chi connectivity index (χ3v) is 19.2. The average molecular weight is 1560 g/mol. The molecule has 6 atom stereocenters. The summed E-state index contributed by atoms with van der Waals surface area (Å²) >= 11 is 0. The number of hydrogen-bond donors (Lipinski definition) is 12. The lowest BCUT2D eigenvalue weighted by atomic mass is 10.0. The molecule has 2 aliphatic heterocycles. The van der Waals surface area contributed by atoms with Gasteiger partial charge >= 0.3 is 30.0 Å². The Balaban J connectivity index is 0.705. The number of carbonyl (C=O) groups excluding carboxylic acids is 7. The molecule has 2 aliphatic rings. The number of aromatic nitrogens is 2. The molecule has 4 bridgehead atoms. The standard InChI is InChI=1S/C72H88F2N14O19S2/c1-5-24-75-70(97)81-51-13-9-15-53(38-51)109(101,102)86-52-14-8-12-47(36-52)57(40-65(90)91)83-72(99)80-50-20-18-49(19-21-50)79-71(98)76-25-29-104-31-33-105-32-30-103-28-23-63(89)82-58(41-66(92)93)69(96)88-26-10-16-59(88)68(95)78-45(3)67(94)87-108(4,100)43-46-34-62-84-61-39-55(56(74)42-77-61)54-22-17-48(73)37-60(54)106-27-7-6-11-44(2)107-64(35-46)85-62/h8-9,12-15,17-22,34-39,42,44-45,57-59,86H,5-7,10-11,16,23-33,40-41,43H2,1-4H3,(H,78,95)(H,82,89)(H,90,91)(H,92,93)(H2,75,81,97)(H2,76,79,98)(H,77,84,85)(H2,80,83,99). The normalized spacial score (nSPS) is 15.5. The lowest BCUT2D eigenvalue weighted by Crippen LogP contribution is -2.55. The van der Waals surface area contributed by atoms with Crippen LogP contribution in [0.5, 0.6) is 11.6 Å². The summed E-state index contributed by atoms with van der Waals surface area (Å²) < 4.78 is 106. The maximum absolute atomic E-state index is 15.3. The fraction of sp³-hybridized carbons (Fsp3) is 0.403. The number of urea groups is 3.